The highest BCUT2D eigenvalue weighted by Gasteiger charge is 2.44. The average molecular weight is 231 g/mol. The van der Waals surface area contributed by atoms with Crippen LogP contribution in [0.2, 0.25) is 0 Å². The highest BCUT2D eigenvalue weighted by Crippen LogP contribution is 2.42. The maximum Gasteiger partial charge on any atom is 0.248 e. The Morgan fingerprint density at radius 1 is 1.31 bits per heavy atom. The van der Waals surface area contributed by atoms with Crippen LogP contribution < -0.4 is 11.1 Å². The van der Waals surface area contributed by atoms with Gasteiger partial charge in [-0.05, 0) is 18.8 Å². The van der Waals surface area contributed by atoms with Crippen molar-refractivity contribution in [2.24, 2.45) is 16.6 Å². The first-order valence-electron chi connectivity index (χ1n) is 5.99. The van der Waals surface area contributed by atoms with E-state index in [1.165, 1.54) is 12.8 Å². The lowest BCUT2D eigenvalue weighted by Crippen LogP contribution is -2.41. The molecule has 5 heteroatoms. The maximum absolute atomic E-state index is 12.5. The smallest absolute Gasteiger partial charge is 0.248 e. The largest absolute Gasteiger partial charge is 0.370 e. The third-order valence-corrected chi connectivity index (χ3v) is 3.40. The second-order valence-corrected chi connectivity index (χ2v) is 4.98. The van der Waals surface area contributed by atoms with E-state index in [1.54, 1.807) is 0 Å². The lowest BCUT2D eigenvalue weighted by Gasteiger charge is -2.33. The topological polar surface area (TPSA) is 50.4 Å². The fourth-order valence-corrected chi connectivity index (χ4v) is 2.47. The monoisotopic (exact) mass is 231 g/mol. The van der Waals surface area contributed by atoms with Crippen LogP contribution in [0.25, 0.3) is 0 Å². The fourth-order valence-electron chi connectivity index (χ4n) is 2.47. The number of guanidine groups is 1. The van der Waals surface area contributed by atoms with Crippen LogP contribution in [-0.4, -0.2) is 24.5 Å². The van der Waals surface area contributed by atoms with Crippen molar-refractivity contribution in [2.45, 2.75) is 50.5 Å². The number of alkyl halides is 2. The van der Waals surface area contributed by atoms with E-state index in [0.717, 1.165) is 12.8 Å². The summed E-state index contributed by atoms with van der Waals surface area (Å²) in [4.78, 5) is 4.13. The summed E-state index contributed by atoms with van der Waals surface area (Å²) in [5.41, 5.74) is 5.70. The second-order valence-electron chi connectivity index (χ2n) is 4.98. The summed E-state index contributed by atoms with van der Waals surface area (Å²) in [5.74, 6) is -2.02. The van der Waals surface area contributed by atoms with Gasteiger partial charge in [0.1, 0.15) is 0 Å². The Morgan fingerprint density at radius 3 is 2.50 bits per heavy atom. The third kappa shape index (κ3) is 3.06. The van der Waals surface area contributed by atoms with Gasteiger partial charge in [-0.15, -0.1) is 0 Å². The van der Waals surface area contributed by atoms with Crippen molar-refractivity contribution in [3.63, 3.8) is 0 Å². The molecule has 0 spiro atoms. The molecular weight excluding hydrogens is 212 g/mol. The van der Waals surface area contributed by atoms with Gasteiger partial charge in [-0.2, -0.15) is 0 Å². The van der Waals surface area contributed by atoms with Gasteiger partial charge in [0, 0.05) is 25.4 Å². The molecule has 0 heterocycles. The van der Waals surface area contributed by atoms with Crippen molar-refractivity contribution >= 4 is 5.96 Å². The number of nitrogens with two attached hydrogens (primary N) is 1. The Labute approximate surface area is 94.5 Å². The summed E-state index contributed by atoms with van der Waals surface area (Å²) >= 11 is 0. The molecule has 3 nitrogen and oxygen atoms in total. The van der Waals surface area contributed by atoms with E-state index < -0.39 is 5.92 Å². The summed E-state index contributed by atoms with van der Waals surface area (Å²) in [6.07, 6.45) is 4.68. The molecule has 0 aromatic rings. The van der Waals surface area contributed by atoms with Crippen LogP contribution in [0.3, 0.4) is 0 Å². The lowest BCUT2D eigenvalue weighted by atomic mass is 9.81. The molecular formula is C11H19F2N3. The minimum Gasteiger partial charge on any atom is -0.370 e. The van der Waals surface area contributed by atoms with Crippen LogP contribution in [0.15, 0.2) is 4.99 Å². The molecule has 92 valence electrons. The molecule has 2 aliphatic carbocycles. The number of halogens is 2. The van der Waals surface area contributed by atoms with Crippen LogP contribution in [0.1, 0.15) is 38.5 Å². The molecule has 0 aliphatic heterocycles. The number of hydrogen-bond acceptors (Lipinski definition) is 1. The summed E-state index contributed by atoms with van der Waals surface area (Å²) < 4.78 is 25.1. The van der Waals surface area contributed by atoms with Crippen LogP contribution in [0.5, 0.6) is 0 Å². The van der Waals surface area contributed by atoms with Crippen molar-refractivity contribution in [3.05, 3.63) is 0 Å². The molecule has 2 rings (SSSR count). The van der Waals surface area contributed by atoms with Gasteiger partial charge in [-0.25, -0.2) is 8.78 Å². The van der Waals surface area contributed by atoms with E-state index >= 15 is 0 Å². The van der Waals surface area contributed by atoms with Gasteiger partial charge in [0.25, 0.3) is 0 Å². The minimum absolute atomic E-state index is 0.0129. The standard InChI is InChI=1S/C11H19F2N3/c12-11(13)5-8(6-11)7-15-10(14)16-9-3-1-2-4-9/h8-9H,1-7H2,(H3,14,15,16). The van der Waals surface area contributed by atoms with Crippen molar-refractivity contribution in [1.29, 1.82) is 0 Å². The Hall–Kier alpha value is -0.870. The van der Waals surface area contributed by atoms with Crippen LogP contribution >= 0.6 is 0 Å². The summed E-state index contributed by atoms with van der Waals surface area (Å²) in [6.45, 7) is 0.432. The molecule has 0 aromatic carbocycles. The molecule has 0 unspecified atom stereocenters. The molecule has 0 amide bonds. The number of nitrogens with one attached hydrogen (secondary N) is 1. The summed E-state index contributed by atoms with van der Waals surface area (Å²) in [6, 6.07) is 0.437. The van der Waals surface area contributed by atoms with Gasteiger partial charge in [0.2, 0.25) is 5.92 Å². The maximum atomic E-state index is 12.5. The molecule has 0 aromatic heterocycles. The molecule has 2 aliphatic rings. The number of aliphatic imine (C=N–C) groups is 1. The molecule has 2 fully saturated rings. The van der Waals surface area contributed by atoms with Gasteiger partial charge in [0.05, 0.1) is 0 Å². The molecule has 0 saturated heterocycles. The van der Waals surface area contributed by atoms with Crippen molar-refractivity contribution in [2.75, 3.05) is 6.54 Å². The predicted octanol–water partition coefficient (Wildman–Crippen LogP) is 1.88. The summed E-state index contributed by atoms with van der Waals surface area (Å²) in [5, 5.41) is 3.14. The van der Waals surface area contributed by atoms with Crippen molar-refractivity contribution < 1.29 is 8.78 Å². The van der Waals surface area contributed by atoms with Crippen LogP contribution in [0.4, 0.5) is 8.78 Å². The zero-order valence-corrected chi connectivity index (χ0v) is 9.38. The van der Waals surface area contributed by atoms with E-state index in [2.05, 4.69) is 10.3 Å². The van der Waals surface area contributed by atoms with E-state index in [9.17, 15) is 8.78 Å². The third-order valence-electron chi connectivity index (χ3n) is 3.40. The molecule has 16 heavy (non-hydrogen) atoms. The number of hydrogen-bond donors (Lipinski definition) is 2. The minimum atomic E-state index is -2.45. The predicted molar refractivity (Wildman–Crippen MR) is 59.6 cm³/mol. The van der Waals surface area contributed by atoms with Gasteiger partial charge in [-0.3, -0.25) is 4.99 Å². The quantitative estimate of drug-likeness (QED) is 0.575. The molecule has 0 radical (unpaired) electrons. The Balaban J connectivity index is 1.67. The van der Waals surface area contributed by atoms with E-state index in [1.807, 2.05) is 0 Å². The van der Waals surface area contributed by atoms with Crippen molar-refractivity contribution in [3.8, 4) is 0 Å². The molecule has 3 N–H and O–H groups in total. The zero-order chi connectivity index (χ0) is 11.6. The van der Waals surface area contributed by atoms with E-state index in [-0.39, 0.29) is 18.8 Å². The molecule has 0 atom stereocenters. The summed E-state index contributed by atoms with van der Waals surface area (Å²) in [7, 11) is 0. The number of rotatable bonds is 3. The van der Waals surface area contributed by atoms with E-state index in [4.69, 9.17) is 5.73 Å². The van der Waals surface area contributed by atoms with Gasteiger partial charge >= 0.3 is 0 Å². The Bertz CT molecular complexity index is 264. The normalized spacial score (nSPS) is 26.8. The van der Waals surface area contributed by atoms with E-state index in [0.29, 0.717) is 18.5 Å². The second kappa shape index (κ2) is 4.55. The molecule has 2 saturated carbocycles. The Kier molecular flexibility index (Phi) is 3.30. The number of nitrogens with zero attached hydrogens (tertiary/aromatic N) is 1. The SMILES string of the molecule is NC(=NCC1CC(F)(F)C1)NC1CCCC1. The molecule has 0 bridgehead atoms. The lowest BCUT2D eigenvalue weighted by molar-refractivity contribution is -0.107. The Morgan fingerprint density at radius 2 is 1.94 bits per heavy atom. The first-order chi connectivity index (χ1) is 7.55. The highest BCUT2D eigenvalue weighted by atomic mass is 19.3. The highest BCUT2D eigenvalue weighted by molar-refractivity contribution is 5.78. The van der Waals surface area contributed by atoms with Crippen LogP contribution in [0, 0.1) is 5.92 Å². The fraction of sp³-hybridized carbons (Fsp3) is 0.909. The van der Waals surface area contributed by atoms with Crippen LogP contribution in [-0.2, 0) is 0 Å². The van der Waals surface area contributed by atoms with Gasteiger partial charge in [-0.1, -0.05) is 12.8 Å². The van der Waals surface area contributed by atoms with Crippen molar-refractivity contribution in [1.82, 2.24) is 5.32 Å². The van der Waals surface area contributed by atoms with Gasteiger partial charge < -0.3 is 11.1 Å². The van der Waals surface area contributed by atoms with Gasteiger partial charge in [0.15, 0.2) is 5.96 Å². The first-order valence-corrected chi connectivity index (χ1v) is 5.99. The first kappa shape index (κ1) is 11.6. The zero-order valence-electron chi connectivity index (χ0n) is 9.38. The average Bonchev–Trinajstić information content (AvgIpc) is 2.63.